The zero-order valence-electron chi connectivity index (χ0n) is 32.8. The first-order valence-corrected chi connectivity index (χ1v) is 19.4. The van der Waals surface area contributed by atoms with Crippen LogP contribution in [0.1, 0.15) is 57.8 Å². The van der Waals surface area contributed by atoms with Crippen molar-refractivity contribution in [3.63, 3.8) is 0 Å². The Labute approximate surface area is 370 Å². The molecule has 58 heavy (non-hydrogen) atoms. The molecule has 0 spiro atoms. The largest absolute Gasteiger partial charge is 3.00 e. The van der Waals surface area contributed by atoms with Crippen molar-refractivity contribution in [2.45, 2.75) is 94.2 Å². The Hall–Kier alpha value is -2.26. The van der Waals surface area contributed by atoms with Gasteiger partial charge in [0.15, 0.2) is 0 Å². The Bertz CT molecular complexity index is 1160. The minimum Gasteiger partial charge on any atom is -0.548 e. The third-order valence-electron chi connectivity index (χ3n) is 9.52. The minimum atomic E-state index is -1.49. The number of carbonyl (C=O) groups is 6. The smallest absolute Gasteiger partial charge is 0.548 e. The van der Waals surface area contributed by atoms with E-state index >= 15 is 0 Å². The van der Waals surface area contributed by atoms with Crippen molar-refractivity contribution in [3.05, 3.63) is 0 Å². The molecule has 10 N–H and O–H groups in total. The number of hydrogen-bond acceptors (Lipinski definition) is 19. The van der Waals surface area contributed by atoms with Gasteiger partial charge in [-0.3, -0.25) is 29.1 Å². The van der Waals surface area contributed by atoms with E-state index in [4.69, 9.17) is 15.3 Å². The maximum Gasteiger partial charge on any atom is 3.00 e. The zero-order chi connectivity index (χ0) is 42.8. The van der Waals surface area contributed by atoms with Gasteiger partial charge in [0.25, 0.3) is 0 Å². The van der Waals surface area contributed by atoms with E-state index in [1.54, 1.807) is 9.80 Å². The van der Waals surface area contributed by atoms with Crippen LogP contribution in [-0.4, -0.2) is 209 Å². The molecule has 1 saturated heterocycles. The average Bonchev–Trinajstić information content (AvgIpc) is 3.17. The molecule has 0 aliphatic carbocycles. The van der Waals surface area contributed by atoms with E-state index < -0.39 is 91.9 Å². The van der Waals surface area contributed by atoms with Crippen molar-refractivity contribution in [2.24, 2.45) is 0 Å². The summed E-state index contributed by atoms with van der Waals surface area (Å²) in [4.78, 5) is 78.8. The standard InChI is InChI=1S/C35H65N7O15.Gd/c43-21-24(46)18-37-30(49)7-1-4-27(33(52)53)40-12-10-36-11-13-41(28(34(54)55)5-2-8-31(50)38-19-25(47)22-44)15-17-42(16-14-40)29(35(56)57)6-3-9-32(51)39-20-26(48)23-45;/h24-29,36,43-48H,1-23H2,(H,37,49)(H,38,50)(H,39,51)(H,52,53)(H,54,55)(H,56,57);/q;+3/p-3. The molecule has 0 aromatic rings. The van der Waals surface area contributed by atoms with E-state index in [2.05, 4.69) is 21.3 Å². The van der Waals surface area contributed by atoms with Crippen molar-refractivity contribution in [1.29, 1.82) is 0 Å². The second-order valence-electron chi connectivity index (χ2n) is 14.0. The fourth-order valence-electron chi connectivity index (χ4n) is 6.22. The molecule has 0 bridgehead atoms. The molecule has 1 aliphatic rings. The van der Waals surface area contributed by atoms with Gasteiger partial charge in [-0.05, 0) is 38.5 Å². The molecule has 3 amide bonds. The van der Waals surface area contributed by atoms with Gasteiger partial charge < -0.3 is 81.6 Å². The number of carboxylic acids is 3. The Kier molecular flexibility index (Phi) is 31.2. The summed E-state index contributed by atoms with van der Waals surface area (Å²) in [6, 6.07) is -3.67. The van der Waals surface area contributed by atoms with Gasteiger partial charge in [-0.2, -0.15) is 0 Å². The van der Waals surface area contributed by atoms with Crippen molar-refractivity contribution in [2.75, 3.05) is 91.8 Å². The number of hydrogen-bond donors (Lipinski definition) is 10. The third-order valence-corrected chi connectivity index (χ3v) is 9.52. The third kappa shape index (κ3) is 24.1. The predicted octanol–water partition coefficient (Wildman–Crippen LogP) is -9.23. The second kappa shape index (κ2) is 32.5. The molecule has 1 radical (unpaired) electrons. The molecule has 1 fully saturated rings. The Morgan fingerprint density at radius 2 is 0.759 bits per heavy atom. The van der Waals surface area contributed by atoms with Crippen LogP contribution in [0, 0.1) is 39.9 Å². The maximum atomic E-state index is 12.6. The van der Waals surface area contributed by atoms with Gasteiger partial charge in [0.05, 0.1) is 56.0 Å². The van der Waals surface area contributed by atoms with Crippen LogP contribution in [-0.2, 0) is 28.8 Å². The fourth-order valence-corrected chi connectivity index (χ4v) is 6.22. The van der Waals surface area contributed by atoms with Crippen molar-refractivity contribution in [1.82, 2.24) is 36.0 Å². The van der Waals surface area contributed by atoms with Crippen LogP contribution in [0.2, 0.25) is 0 Å². The first-order chi connectivity index (χ1) is 27.1. The quantitative estimate of drug-likeness (QED) is 0.0365. The molecule has 0 aromatic heterocycles. The summed E-state index contributed by atoms with van der Waals surface area (Å²) < 4.78 is 0. The number of carboxylic acid groups (broad SMARTS) is 3. The van der Waals surface area contributed by atoms with Crippen molar-refractivity contribution < 1.29 is 115 Å². The van der Waals surface area contributed by atoms with Crippen LogP contribution in [0.25, 0.3) is 0 Å². The van der Waals surface area contributed by atoms with E-state index in [0.717, 1.165) is 0 Å². The van der Waals surface area contributed by atoms with Crippen molar-refractivity contribution >= 4 is 35.6 Å². The van der Waals surface area contributed by atoms with Gasteiger partial charge in [0.1, 0.15) is 0 Å². The first kappa shape index (κ1) is 55.7. The average molecular weight is 978 g/mol. The number of aliphatic hydroxyl groups is 6. The maximum absolute atomic E-state index is 12.6. The topological polar surface area (TPSA) is 351 Å². The van der Waals surface area contributed by atoms with E-state index in [0.29, 0.717) is 0 Å². The van der Waals surface area contributed by atoms with Crippen molar-refractivity contribution in [3.8, 4) is 0 Å². The molecule has 1 heterocycles. The second-order valence-corrected chi connectivity index (χ2v) is 14.0. The van der Waals surface area contributed by atoms with Gasteiger partial charge >= 0.3 is 39.9 Å². The van der Waals surface area contributed by atoms with Gasteiger partial charge in [-0.25, -0.2) is 0 Å². The summed E-state index contributed by atoms with van der Waals surface area (Å²) in [7, 11) is 0. The van der Waals surface area contributed by atoms with Crippen LogP contribution in [0.15, 0.2) is 0 Å². The molecule has 23 heteroatoms. The molecule has 22 nitrogen and oxygen atoms in total. The molecule has 335 valence electrons. The fraction of sp³-hybridized carbons (Fsp3) is 0.829. The van der Waals surface area contributed by atoms with Crippen LogP contribution in [0.3, 0.4) is 0 Å². The number of carbonyl (C=O) groups excluding carboxylic acids is 6. The first-order valence-electron chi connectivity index (χ1n) is 19.4. The van der Waals surface area contributed by atoms with Crippen LogP contribution in [0.4, 0.5) is 0 Å². The molecule has 1 rings (SSSR count). The zero-order valence-corrected chi connectivity index (χ0v) is 35.0. The predicted molar refractivity (Wildman–Crippen MR) is 194 cm³/mol. The molecule has 0 aromatic carbocycles. The van der Waals surface area contributed by atoms with Crippen LogP contribution < -0.4 is 36.6 Å². The molecule has 1 aliphatic heterocycles. The monoisotopic (exact) mass is 978 g/mol. The normalized spacial score (nSPS) is 18.1. The number of aliphatic hydroxyl groups excluding tert-OH is 6. The summed E-state index contributed by atoms with van der Waals surface area (Å²) >= 11 is 0. The molecular weight excluding hydrogens is 916 g/mol. The SMILES string of the molecule is O=C(CCCC(C(=O)[O-])N1CCNCCN(C(CCCC(=O)NCC(O)CO)C(=O)[O-])CCN(C(CCCC(=O)NCC(O)CO)C(=O)[O-])CC1)NCC(O)CO.[Gd+3]. The molecule has 6 unspecified atom stereocenters. The van der Waals surface area contributed by atoms with E-state index in [1.807, 2.05) is 0 Å². The molecular formula is C35H62GdN7O15. The van der Waals surface area contributed by atoms with E-state index in [1.165, 1.54) is 4.90 Å². The summed E-state index contributed by atoms with van der Waals surface area (Å²) in [6.45, 7) is -1.56. The molecule has 0 saturated carbocycles. The molecule has 6 atom stereocenters. The summed E-state index contributed by atoms with van der Waals surface area (Å²) in [5, 5.41) is 103. The minimum absolute atomic E-state index is 0. The summed E-state index contributed by atoms with van der Waals surface area (Å²) in [5.74, 6) is -5.74. The van der Waals surface area contributed by atoms with Crippen LogP contribution >= 0.6 is 0 Å². The number of nitrogens with zero attached hydrogens (tertiary/aromatic N) is 3. The number of amides is 3. The number of nitrogens with one attached hydrogen (secondary N) is 4. The van der Waals surface area contributed by atoms with Gasteiger partial charge in [0, 0.05) is 109 Å². The Morgan fingerprint density at radius 1 is 0.500 bits per heavy atom. The number of aliphatic carboxylic acids is 3. The van der Waals surface area contributed by atoms with Gasteiger partial charge in [-0.15, -0.1) is 0 Å². The van der Waals surface area contributed by atoms with E-state index in [9.17, 15) is 59.4 Å². The van der Waals surface area contributed by atoms with Gasteiger partial charge in [0.2, 0.25) is 17.7 Å². The Balaban J connectivity index is 0.0000325. The Morgan fingerprint density at radius 3 is 1.00 bits per heavy atom. The van der Waals surface area contributed by atoms with E-state index in [-0.39, 0.29) is 170 Å². The summed E-state index contributed by atoms with van der Waals surface area (Å²) in [6.07, 6.45) is -3.55. The van der Waals surface area contributed by atoms with Gasteiger partial charge in [-0.1, -0.05) is 0 Å². The summed E-state index contributed by atoms with van der Waals surface area (Å²) in [5.41, 5.74) is 0. The van der Waals surface area contributed by atoms with Crippen LogP contribution in [0.5, 0.6) is 0 Å². The number of rotatable bonds is 27.